The number of thioether (sulfide) groups is 1. The molecule has 1 aliphatic rings. The van der Waals surface area contributed by atoms with Crippen molar-refractivity contribution in [3.63, 3.8) is 0 Å². The van der Waals surface area contributed by atoms with Crippen LogP contribution in [0.5, 0.6) is 0 Å². The SMILES string of the molecule is CCNCc1sc(S(=O)(=O)NCC2(SC)CC2)cc1C. The molecule has 0 unspecified atom stereocenters. The molecule has 1 aromatic rings. The second kappa shape index (κ2) is 6.36. The standard InChI is InChI=1S/C13H22N2O2S3/c1-4-14-8-11-10(2)7-12(19-11)20(16,17)15-9-13(18-3)5-6-13/h7,14-15H,4-6,8-9H2,1-3H3. The first kappa shape index (κ1) is 16.3. The summed E-state index contributed by atoms with van der Waals surface area (Å²) < 4.78 is 28.0. The molecule has 0 aliphatic heterocycles. The number of nitrogens with one attached hydrogen (secondary N) is 2. The number of rotatable bonds is 8. The third-order valence-corrected chi connectivity index (χ3v) is 8.15. The van der Waals surface area contributed by atoms with Gasteiger partial charge in [-0.15, -0.1) is 11.3 Å². The molecule has 0 radical (unpaired) electrons. The van der Waals surface area contributed by atoms with Crippen molar-refractivity contribution in [3.05, 3.63) is 16.5 Å². The number of sulfonamides is 1. The lowest BCUT2D eigenvalue weighted by Gasteiger charge is -2.12. The summed E-state index contributed by atoms with van der Waals surface area (Å²) in [5, 5.41) is 3.24. The fourth-order valence-electron chi connectivity index (χ4n) is 1.93. The van der Waals surface area contributed by atoms with Gasteiger partial charge in [-0.1, -0.05) is 6.92 Å². The summed E-state index contributed by atoms with van der Waals surface area (Å²) in [6.07, 6.45) is 4.25. The van der Waals surface area contributed by atoms with Gasteiger partial charge in [0.15, 0.2) is 0 Å². The van der Waals surface area contributed by atoms with Crippen molar-refractivity contribution in [3.8, 4) is 0 Å². The first-order chi connectivity index (χ1) is 9.42. The van der Waals surface area contributed by atoms with E-state index in [0.29, 0.717) is 10.8 Å². The van der Waals surface area contributed by atoms with Gasteiger partial charge in [-0.25, -0.2) is 13.1 Å². The minimum atomic E-state index is -3.36. The Labute approximate surface area is 129 Å². The van der Waals surface area contributed by atoms with E-state index >= 15 is 0 Å². The van der Waals surface area contributed by atoms with Crippen molar-refractivity contribution >= 4 is 33.1 Å². The molecule has 7 heteroatoms. The Hall–Kier alpha value is -0.0800. The van der Waals surface area contributed by atoms with Gasteiger partial charge in [-0.3, -0.25) is 0 Å². The molecule has 2 N–H and O–H groups in total. The fourth-order valence-corrected chi connectivity index (χ4v) is 5.47. The van der Waals surface area contributed by atoms with E-state index in [1.807, 2.05) is 20.1 Å². The van der Waals surface area contributed by atoms with Crippen LogP contribution in [0, 0.1) is 6.92 Å². The summed E-state index contributed by atoms with van der Waals surface area (Å²) in [7, 11) is -3.36. The van der Waals surface area contributed by atoms with Gasteiger partial charge >= 0.3 is 0 Å². The van der Waals surface area contributed by atoms with Crippen LogP contribution in [0.25, 0.3) is 0 Å². The molecule has 1 aromatic heterocycles. The molecule has 0 spiro atoms. The molecule has 1 aliphatic carbocycles. The molecule has 0 bridgehead atoms. The van der Waals surface area contributed by atoms with Crippen molar-refractivity contribution in [2.75, 3.05) is 19.3 Å². The Bertz CT molecular complexity index is 562. The predicted molar refractivity (Wildman–Crippen MR) is 87.1 cm³/mol. The zero-order valence-corrected chi connectivity index (χ0v) is 14.6. The van der Waals surface area contributed by atoms with E-state index in [4.69, 9.17) is 0 Å². The molecule has 2 rings (SSSR count). The predicted octanol–water partition coefficient (Wildman–Crippen LogP) is 2.34. The van der Waals surface area contributed by atoms with Crippen LogP contribution in [0.4, 0.5) is 0 Å². The second-order valence-corrected chi connectivity index (χ2v) is 9.57. The normalized spacial score (nSPS) is 17.4. The van der Waals surface area contributed by atoms with Gasteiger partial charge < -0.3 is 5.32 Å². The van der Waals surface area contributed by atoms with Crippen LogP contribution in [0.2, 0.25) is 0 Å². The van der Waals surface area contributed by atoms with E-state index in [1.54, 1.807) is 17.8 Å². The van der Waals surface area contributed by atoms with Crippen LogP contribution in [0.1, 0.15) is 30.2 Å². The van der Waals surface area contributed by atoms with Gasteiger partial charge in [0.2, 0.25) is 10.0 Å². The quantitative estimate of drug-likeness (QED) is 0.766. The Morgan fingerprint density at radius 1 is 1.45 bits per heavy atom. The molecule has 4 nitrogen and oxygen atoms in total. The Morgan fingerprint density at radius 3 is 2.70 bits per heavy atom. The van der Waals surface area contributed by atoms with Gasteiger partial charge in [0.1, 0.15) is 4.21 Å². The van der Waals surface area contributed by atoms with Crippen molar-refractivity contribution in [2.24, 2.45) is 0 Å². The first-order valence-corrected chi connectivity index (χ1v) is 10.3. The summed E-state index contributed by atoms with van der Waals surface area (Å²) >= 11 is 3.13. The third kappa shape index (κ3) is 3.76. The highest BCUT2D eigenvalue weighted by Gasteiger charge is 2.42. The van der Waals surface area contributed by atoms with Crippen molar-refractivity contribution in [2.45, 2.75) is 42.2 Å². The minimum Gasteiger partial charge on any atom is -0.312 e. The maximum absolute atomic E-state index is 12.3. The highest BCUT2D eigenvalue weighted by atomic mass is 32.2. The Morgan fingerprint density at radius 2 is 2.15 bits per heavy atom. The van der Waals surface area contributed by atoms with Gasteiger partial charge in [-0.2, -0.15) is 11.8 Å². The average molecular weight is 335 g/mol. The van der Waals surface area contributed by atoms with E-state index in [1.165, 1.54) is 11.3 Å². The summed E-state index contributed by atoms with van der Waals surface area (Å²) in [6.45, 7) is 6.16. The number of hydrogen-bond donors (Lipinski definition) is 2. The van der Waals surface area contributed by atoms with E-state index in [0.717, 1.165) is 36.4 Å². The van der Waals surface area contributed by atoms with Crippen molar-refractivity contribution in [1.29, 1.82) is 0 Å². The number of hydrogen-bond acceptors (Lipinski definition) is 5. The second-order valence-electron chi connectivity index (χ2n) is 5.16. The van der Waals surface area contributed by atoms with E-state index in [9.17, 15) is 8.42 Å². The third-order valence-electron chi connectivity index (χ3n) is 3.62. The lowest BCUT2D eigenvalue weighted by molar-refractivity contribution is 0.582. The van der Waals surface area contributed by atoms with Crippen LogP contribution in [0.15, 0.2) is 10.3 Å². The monoisotopic (exact) mass is 334 g/mol. The van der Waals surface area contributed by atoms with Crippen LogP contribution in [-0.2, 0) is 16.6 Å². The summed E-state index contributed by atoms with van der Waals surface area (Å²) in [5.41, 5.74) is 1.04. The Kier molecular flexibility index (Phi) is 5.18. The maximum atomic E-state index is 12.3. The van der Waals surface area contributed by atoms with Crippen molar-refractivity contribution in [1.82, 2.24) is 10.0 Å². The molecular weight excluding hydrogens is 312 g/mol. The van der Waals surface area contributed by atoms with Gasteiger partial charge in [-0.05, 0) is 44.2 Å². The molecule has 1 saturated carbocycles. The van der Waals surface area contributed by atoms with E-state index in [-0.39, 0.29) is 4.75 Å². The maximum Gasteiger partial charge on any atom is 0.250 e. The van der Waals surface area contributed by atoms with Crippen LogP contribution in [0.3, 0.4) is 0 Å². The molecule has 0 amide bonds. The van der Waals surface area contributed by atoms with Gasteiger partial charge in [0.05, 0.1) is 0 Å². The number of aryl methyl sites for hydroxylation is 1. The molecule has 114 valence electrons. The van der Waals surface area contributed by atoms with Crippen LogP contribution >= 0.6 is 23.1 Å². The van der Waals surface area contributed by atoms with Crippen molar-refractivity contribution < 1.29 is 8.42 Å². The molecular formula is C13H22N2O2S3. The highest BCUT2D eigenvalue weighted by molar-refractivity contribution is 8.00. The smallest absolute Gasteiger partial charge is 0.250 e. The van der Waals surface area contributed by atoms with Crippen LogP contribution < -0.4 is 10.0 Å². The molecule has 0 saturated heterocycles. The Balaban J connectivity index is 2.05. The zero-order valence-electron chi connectivity index (χ0n) is 12.2. The summed E-state index contributed by atoms with van der Waals surface area (Å²) in [6, 6.07) is 1.78. The zero-order chi connectivity index (χ0) is 14.8. The van der Waals surface area contributed by atoms with E-state index in [2.05, 4.69) is 10.0 Å². The van der Waals surface area contributed by atoms with Crippen LogP contribution in [-0.4, -0.2) is 32.5 Å². The molecule has 20 heavy (non-hydrogen) atoms. The van der Waals surface area contributed by atoms with E-state index < -0.39 is 10.0 Å². The van der Waals surface area contributed by atoms with Gasteiger partial charge in [0, 0.05) is 22.7 Å². The molecule has 1 heterocycles. The summed E-state index contributed by atoms with van der Waals surface area (Å²) in [5.74, 6) is 0. The first-order valence-electron chi connectivity index (χ1n) is 6.77. The average Bonchev–Trinajstić information content (AvgIpc) is 3.11. The lowest BCUT2D eigenvalue weighted by Crippen LogP contribution is -2.31. The largest absolute Gasteiger partial charge is 0.312 e. The molecule has 0 atom stereocenters. The molecule has 0 aromatic carbocycles. The fraction of sp³-hybridized carbons (Fsp3) is 0.692. The van der Waals surface area contributed by atoms with Gasteiger partial charge in [0.25, 0.3) is 0 Å². The number of thiophene rings is 1. The highest BCUT2D eigenvalue weighted by Crippen LogP contribution is 2.46. The lowest BCUT2D eigenvalue weighted by atomic mass is 10.3. The summed E-state index contributed by atoms with van der Waals surface area (Å²) in [4.78, 5) is 1.10. The molecule has 1 fully saturated rings. The minimum absolute atomic E-state index is 0.145. The topological polar surface area (TPSA) is 58.2 Å².